The molecule has 0 unspecified atom stereocenters. The van der Waals surface area contributed by atoms with Gasteiger partial charge in [0.2, 0.25) is 5.43 Å². The number of aryl methyl sites for hydroxylation is 2. The van der Waals surface area contributed by atoms with Crippen molar-refractivity contribution in [2.45, 2.75) is 13.5 Å². The molecule has 0 atom stereocenters. The summed E-state index contributed by atoms with van der Waals surface area (Å²) < 4.78 is 6.69. The van der Waals surface area contributed by atoms with E-state index in [2.05, 4.69) is 10.1 Å². The number of hydrogen-bond acceptors (Lipinski definition) is 5. The highest BCUT2D eigenvalue weighted by atomic mass is 16.5. The van der Waals surface area contributed by atoms with Gasteiger partial charge in [0, 0.05) is 12.6 Å². The lowest BCUT2D eigenvalue weighted by atomic mass is 10.0. The van der Waals surface area contributed by atoms with Crippen LogP contribution >= 0.6 is 0 Å². The van der Waals surface area contributed by atoms with Gasteiger partial charge < -0.3 is 19.9 Å². The number of aliphatic hydroxyl groups is 1. The van der Waals surface area contributed by atoms with Gasteiger partial charge in [-0.3, -0.25) is 9.48 Å². The highest BCUT2D eigenvalue weighted by Crippen LogP contribution is 2.32. The second-order valence-electron chi connectivity index (χ2n) is 5.29. The van der Waals surface area contributed by atoms with Crippen molar-refractivity contribution in [3.05, 3.63) is 39.7 Å². The lowest BCUT2D eigenvalue weighted by Gasteiger charge is -2.11. The summed E-state index contributed by atoms with van der Waals surface area (Å²) in [6.07, 6.45) is 0. The van der Waals surface area contributed by atoms with E-state index in [9.17, 15) is 15.0 Å². The zero-order chi connectivity index (χ0) is 16.7. The van der Waals surface area contributed by atoms with Crippen molar-refractivity contribution in [1.82, 2.24) is 14.8 Å². The molecule has 2 aromatic heterocycles. The monoisotopic (exact) mass is 315 g/mol. The van der Waals surface area contributed by atoms with Crippen LogP contribution < -0.4 is 10.2 Å². The van der Waals surface area contributed by atoms with Gasteiger partial charge in [0.25, 0.3) is 0 Å². The van der Waals surface area contributed by atoms with E-state index in [1.807, 2.05) is 0 Å². The molecule has 0 saturated heterocycles. The highest BCUT2D eigenvalue weighted by molar-refractivity contribution is 5.85. The van der Waals surface area contributed by atoms with Crippen LogP contribution in [0, 0.1) is 6.92 Å². The quantitative estimate of drug-likeness (QED) is 0.679. The molecule has 0 aliphatic heterocycles. The maximum Gasteiger partial charge on any atom is 0.235 e. The van der Waals surface area contributed by atoms with Crippen molar-refractivity contribution < 1.29 is 14.9 Å². The summed E-state index contributed by atoms with van der Waals surface area (Å²) in [4.78, 5) is 15.5. The largest absolute Gasteiger partial charge is 0.503 e. The molecule has 0 spiro atoms. The van der Waals surface area contributed by atoms with E-state index in [4.69, 9.17) is 4.74 Å². The van der Waals surface area contributed by atoms with Gasteiger partial charge in [-0.15, -0.1) is 0 Å². The predicted molar refractivity (Wildman–Crippen MR) is 85.6 cm³/mol. The van der Waals surface area contributed by atoms with Gasteiger partial charge in [0.05, 0.1) is 30.5 Å². The molecule has 0 fully saturated rings. The molecule has 0 aliphatic rings. The Morgan fingerprint density at radius 1 is 1.39 bits per heavy atom. The minimum atomic E-state index is -0.487. The van der Waals surface area contributed by atoms with E-state index in [1.165, 1.54) is 7.11 Å². The minimum Gasteiger partial charge on any atom is -0.503 e. The molecule has 0 saturated carbocycles. The number of methoxy groups -OCH3 is 1. The average Bonchev–Trinajstić information content (AvgIpc) is 2.84. The third-order valence-corrected chi connectivity index (χ3v) is 3.90. The zero-order valence-corrected chi connectivity index (χ0v) is 13.0. The van der Waals surface area contributed by atoms with Crippen LogP contribution in [0.5, 0.6) is 11.5 Å². The van der Waals surface area contributed by atoms with Gasteiger partial charge in [-0.25, -0.2) is 0 Å². The van der Waals surface area contributed by atoms with Crippen molar-refractivity contribution in [3.63, 3.8) is 0 Å². The Balaban J connectivity index is 2.35. The lowest BCUT2D eigenvalue weighted by Crippen LogP contribution is -2.07. The van der Waals surface area contributed by atoms with Gasteiger partial charge in [-0.05, 0) is 30.7 Å². The Labute approximate surface area is 131 Å². The van der Waals surface area contributed by atoms with E-state index in [0.717, 1.165) is 0 Å². The van der Waals surface area contributed by atoms with Gasteiger partial charge >= 0.3 is 0 Å². The summed E-state index contributed by atoms with van der Waals surface area (Å²) in [5.74, 6) is 0.186. The molecule has 0 bridgehead atoms. The molecule has 2 heterocycles. The van der Waals surface area contributed by atoms with Crippen molar-refractivity contribution in [2.24, 2.45) is 7.05 Å². The van der Waals surface area contributed by atoms with Crippen LogP contribution in [0.3, 0.4) is 0 Å². The topological polar surface area (TPSA) is 100 Å². The molecular formula is C16H17N3O4. The average molecular weight is 315 g/mol. The smallest absolute Gasteiger partial charge is 0.235 e. The Hall–Kier alpha value is -2.80. The summed E-state index contributed by atoms with van der Waals surface area (Å²) in [6.45, 7) is 1.46. The summed E-state index contributed by atoms with van der Waals surface area (Å²) in [5.41, 5.74) is 1.89. The first-order valence-electron chi connectivity index (χ1n) is 7.04. The Kier molecular flexibility index (Phi) is 3.57. The summed E-state index contributed by atoms with van der Waals surface area (Å²) in [5, 5.41) is 24.5. The second-order valence-corrected chi connectivity index (χ2v) is 5.29. The van der Waals surface area contributed by atoms with Crippen LogP contribution in [0.4, 0.5) is 0 Å². The van der Waals surface area contributed by atoms with Gasteiger partial charge in [-0.2, -0.15) is 5.10 Å². The van der Waals surface area contributed by atoms with E-state index in [-0.39, 0.29) is 12.3 Å². The number of pyridine rings is 1. The molecule has 0 radical (unpaired) electrons. The third-order valence-electron chi connectivity index (χ3n) is 3.90. The number of nitrogens with zero attached hydrogens (tertiary/aromatic N) is 2. The molecule has 3 N–H and O–H groups in total. The number of H-pyrrole nitrogens is 1. The molecule has 7 nitrogen and oxygen atoms in total. The molecule has 23 heavy (non-hydrogen) atoms. The normalized spacial score (nSPS) is 11.1. The number of rotatable bonds is 3. The summed E-state index contributed by atoms with van der Waals surface area (Å²) >= 11 is 0. The first-order valence-corrected chi connectivity index (χ1v) is 7.04. The fourth-order valence-corrected chi connectivity index (χ4v) is 2.75. The van der Waals surface area contributed by atoms with Crippen LogP contribution in [0.1, 0.15) is 11.3 Å². The van der Waals surface area contributed by atoms with E-state index >= 15 is 0 Å². The molecule has 1 aromatic carbocycles. The number of fused-ring (bicyclic) bond motifs is 1. The molecule has 0 amide bonds. The minimum absolute atomic E-state index is 0.247. The number of hydrogen-bond donors (Lipinski definition) is 3. The Morgan fingerprint density at radius 2 is 2.13 bits per heavy atom. The number of nitrogens with one attached hydrogen (secondary N) is 1. The predicted octanol–water partition coefficient (Wildman–Crippen LogP) is 1.44. The number of benzene rings is 1. The Morgan fingerprint density at radius 3 is 2.78 bits per heavy atom. The Bertz CT molecular complexity index is 956. The highest BCUT2D eigenvalue weighted by Gasteiger charge is 2.19. The number of aliphatic hydroxyl groups excluding tert-OH is 1. The molecule has 120 valence electrons. The first kappa shape index (κ1) is 15.1. The van der Waals surface area contributed by atoms with Gasteiger partial charge in [-0.1, -0.05) is 0 Å². The fourth-order valence-electron chi connectivity index (χ4n) is 2.75. The van der Waals surface area contributed by atoms with Crippen molar-refractivity contribution >= 4 is 11.0 Å². The molecule has 0 aliphatic carbocycles. The van der Waals surface area contributed by atoms with Crippen molar-refractivity contribution in [2.75, 3.05) is 7.11 Å². The zero-order valence-electron chi connectivity index (χ0n) is 13.0. The standard InChI is InChI=1S/C16H17N3O4/c1-8-12-14(21)15(22)13(17-16(12)19(2)18-8)11-5-4-10(23-3)6-9(11)7-20/h4-6,20,22H,7H2,1-3H3,(H,17,21). The van der Waals surface area contributed by atoms with Crippen LogP contribution in [0.15, 0.2) is 23.0 Å². The SMILES string of the molecule is COc1ccc(-c2[nH]c3c(c(C)nn3C)c(=O)c2O)c(CO)c1. The number of aromatic amines is 1. The molecule has 3 aromatic rings. The number of ether oxygens (including phenoxy) is 1. The van der Waals surface area contributed by atoms with Crippen molar-refractivity contribution in [1.29, 1.82) is 0 Å². The van der Waals surface area contributed by atoms with E-state index in [0.29, 0.717) is 33.6 Å². The summed E-state index contributed by atoms with van der Waals surface area (Å²) in [7, 11) is 3.24. The second kappa shape index (κ2) is 5.44. The molecule has 3 rings (SSSR count). The number of aromatic hydroxyl groups is 1. The summed E-state index contributed by atoms with van der Waals surface area (Å²) in [6, 6.07) is 5.04. The van der Waals surface area contributed by atoms with E-state index < -0.39 is 11.2 Å². The van der Waals surface area contributed by atoms with Gasteiger partial charge in [0.15, 0.2) is 5.75 Å². The van der Waals surface area contributed by atoms with Crippen LogP contribution in [-0.4, -0.2) is 32.1 Å². The van der Waals surface area contributed by atoms with E-state index in [1.54, 1.807) is 36.9 Å². The van der Waals surface area contributed by atoms with Crippen LogP contribution in [-0.2, 0) is 13.7 Å². The fraction of sp³-hybridized carbons (Fsp3) is 0.250. The first-order chi connectivity index (χ1) is 11.0. The maximum absolute atomic E-state index is 12.5. The third kappa shape index (κ3) is 2.25. The number of aromatic nitrogens is 3. The van der Waals surface area contributed by atoms with Crippen LogP contribution in [0.2, 0.25) is 0 Å². The lowest BCUT2D eigenvalue weighted by molar-refractivity contribution is 0.281. The maximum atomic E-state index is 12.5. The van der Waals surface area contributed by atoms with Crippen molar-refractivity contribution in [3.8, 4) is 22.8 Å². The van der Waals surface area contributed by atoms with Gasteiger partial charge in [0.1, 0.15) is 11.4 Å². The van der Waals surface area contributed by atoms with Crippen LogP contribution in [0.25, 0.3) is 22.3 Å². The molecule has 7 heteroatoms. The molecular weight excluding hydrogens is 298 g/mol.